The summed E-state index contributed by atoms with van der Waals surface area (Å²) < 4.78 is 38.2. The highest BCUT2D eigenvalue weighted by atomic mass is 32.2. The Morgan fingerprint density at radius 2 is 1.95 bits per heavy atom. The van der Waals surface area contributed by atoms with Crippen molar-refractivity contribution in [1.29, 1.82) is 0 Å². The predicted octanol–water partition coefficient (Wildman–Crippen LogP) is 2.83. The van der Waals surface area contributed by atoms with Crippen LogP contribution in [0.15, 0.2) is 27.7 Å². The second-order valence-electron chi connectivity index (χ2n) is 4.36. The lowest BCUT2D eigenvalue weighted by atomic mass is 10.1. The highest BCUT2D eigenvalue weighted by molar-refractivity contribution is 7.86. The number of furan rings is 1. The zero-order valence-corrected chi connectivity index (χ0v) is 12.0. The van der Waals surface area contributed by atoms with Crippen molar-refractivity contribution in [3.63, 3.8) is 0 Å². The molecule has 0 amide bonds. The zero-order valence-electron chi connectivity index (χ0n) is 11.2. The second kappa shape index (κ2) is 4.86. The Hall–Kier alpha value is -1.53. The molecule has 0 aliphatic carbocycles. The smallest absolute Gasteiger partial charge is 0.297 e. The average molecular weight is 283 g/mol. The molecule has 104 valence electrons. The van der Waals surface area contributed by atoms with E-state index in [9.17, 15) is 13.0 Å². The van der Waals surface area contributed by atoms with Crippen LogP contribution in [0, 0.1) is 6.92 Å². The van der Waals surface area contributed by atoms with Crippen LogP contribution in [0.3, 0.4) is 0 Å². The summed E-state index contributed by atoms with van der Waals surface area (Å²) >= 11 is 0. The maximum atomic E-state index is 11.7. The molecule has 0 unspecified atom stereocenters. The molecule has 2 aromatic rings. The van der Waals surface area contributed by atoms with Crippen LogP contribution in [-0.2, 0) is 10.1 Å². The van der Waals surface area contributed by atoms with E-state index in [2.05, 4.69) is 0 Å². The molecular weight excluding hydrogens is 266 g/mol. The largest absolute Gasteiger partial charge is 0.462 e. The third-order valence-corrected chi connectivity index (χ3v) is 4.22. The van der Waals surface area contributed by atoms with Crippen molar-refractivity contribution in [3.8, 4) is 0 Å². The summed E-state index contributed by atoms with van der Waals surface area (Å²) in [5.74, 6) is 0. The lowest BCUT2D eigenvalue weighted by Gasteiger charge is -2.24. The Kier molecular flexibility index (Phi) is 3.56. The molecule has 0 fully saturated rings. The maximum Gasteiger partial charge on any atom is 0.297 e. The van der Waals surface area contributed by atoms with E-state index in [1.54, 1.807) is 19.1 Å². The Balaban J connectivity index is 2.92. The summed E-state index contributed by atoms with van der Waals surface area (Å²) in [5.41, 5.74) is 1.44. The van der Waals surface area contributed by atoms with E-state index in [-0.39, 0.29) is 4.90 Å². The highest BCUT2D eigenvalue weighted by Crippen LogP contribution is 2.36. The Morgan fingerprint density at radius 1 is 1.32 bits per heavy atom. The lowest BCUT2D eigenvalue weighted by Crippen LogP contribution is -2.24. The van der Waals surface area contributed by atoms with Gasteiger partial charge in [0.25, 0.3) is 10.1 Å². The van der Waals surface area contributed by atoms with Gasteiger partial charge in [0.05, 0.1) is 6.26 Å². The average Bonchev–Trinajstić information content (AvgIpc) is 2.76. The quantitative estimate of drug-likeness (QED) is 0.874. The zero-order chi connectivity index (χ0) is 14.2. The van der Waals surface area contributed by atoms with Crippen molar-refractivity contribution in [2.45, 2.75) is 25.7 Å². The van der Waals surface area contributed by atoms with Gasteiger partial charge in [0, 0.05) is 18.5 Å². The van der Waals surface area contributed by atoms with E-state index in [4.69, 9.17) is 4.42 Å². The maximum absolute atomic E-state index is 11.7. The molecule has 0 radical (unpaired) electrons. The van der Waals surface area contributed by atoms with Gasteiger partial charge in [-0.05, 0) is 38.5 Å². The van der Waals surface area contributed by atoms with E-state index in [1.165, 1.54) is 6.26 Å². The SMILES string of the molecule is CCN(CC)c1c(S(=O)(=O)O)c(C)cc2ccoc12. The van der Waals surface area contributed by atoms with E-state index in [1.807, 2.05) is 18.7 Å². The van der Waals surface area contributed by atoms with Gasteiger partial charge in [-0.2, -0.15) is 8.42 Å². The minimum absolute atomic E-state index is 0.0707. The molecule has 0 atom stereocenters. The topological polar surface area (TPSA) is 70.8 Å². The van der Waals surface area contributed by atoms with Crippen LogP contribution in [0.25, 0.3) is 11.0 Å². The molecule has 0 saturated carbocycles. The molecule has 0 bridgehead atoms. The molecule has 0 aliphatic heterocycles. The highest BCUT2D eigenvalue weighted by Gasteiger charge is 2.25. The molecule has 1 aromatic heterocycles. The molecule has 1 heterocycles. The van der Waals surface area contributed by atoms with E-state index >= 15 is 0 Å². The predicted molar refractivity (Wildman–Crippen MR) is 74.3 cm³/mol. The molecule has 1 N–H and O–H groups in total. The van der Waals surface area contributed by atoms with E-state index in [0.717, 1.165) is 5.39 Å². The lowest BCUT2D eigenvalue weighted by molar-refractivity contribution is 0.482. The number of aryl methyl sites for hydroxylation is 1. The van der Waals surface area contributed by atoms with Gasteiger partial charge in [-0.1, -0.05) is 0 Å². The first-order valence-corrected chi connectivity index (χ1v) is 7.57. The molecule has 0 aliphatic rings. The molecule has 0 saturated heterocycles. The van der Waals surface area contributed by atoms with Crippen molar-refractivity contribution < 1.29 is 17.4 Å². The number of fused-ring (bicyclic) bond motifs is 1. The minimum Gasteiger partial charge on any atom is -0.462 e. The summed E-state index contributed by atoms with van der Waals surface area (Å²) in [7, 11) is -4.30. The van der Waals surface area contributed by atoms with Gasteiger partial charge < -0.3 is 9.32 Å². The fourth-order valence-electron chi connectivity index (χ4n) is 2.37. The third-order valence-electron chi connectivity index (χ3n) is 3.19. The molecule has 6 heteroatoms. The molecule has 19 heavy (non-hydrogen) atoms. The van der Waals surface area contributed by atoms with E-state index in [0.29, 0.717) is 29.9 Å². The second-order valence-corrected chi connectivity index (χ2v) is 5.72. The number of rotatable bonds is 4. The summed E-state index contributed by atoms with van der Waals surface area (Å²) in [6.07, 6.45) is 1.52. The van der Waals surface area contributed by atoms with Crippen molar-refractivity contribution in [3.05, 3.63) is 24.0 Å². The minimum atomic E-state index is -4.30. The van der Waals surface area contributed by atoms with Crippen LogP contribution in [0.2, 0.25) is 0 Å². The van der Waals surface area contributed by atoms with Crippen LogP contribution in [-0.4, -0.2) is 26.1 Å². The first-order valence-electron chi connectivity index (χ1n) is 6.13. The van der Waals surface area contributed by atoms with Gasteiger partial charge in [0.15, 0.2) is 5.58 Å². The van der Waals surface area contributed by atoms with Crippen LogP contribution in [0.1, 0.15) is 19.4 Å². The van der Waals surface area contributed by atoms with Gasteiger partial charge in [0.2, 0.25) is 0 Å². The number of hydrogen-bond donors (Lipinski definition) is 1. The monoisotopic (exact) mass is 283 g/mol. The first kappa shape index (κ1) is 13.9. The van der Waals surface area contributed by atoms with Gasteiger partial charge in [-0.15, -0.1) is 0 Å². The molecular formula is C13H17NO4S. The number of anilines is 1. The van der Waals surface area contributed by atoms with Crippen molar-refractivity contribution in [1.82, 2.24) is 0 Å². The van der Waals surface area contributed by atoms with Gasteiger partial charge in [0.1, 0.15) is 10.6 Å². The Morgan fingerprint density at radius 3 is 2.47 bits per heavy atom. The van der Waals surface area contributed by atoms with Crippen molar-refractivity contribution in [2.24, 2.45) is 0 Å². The Bertz CT molecular complexity index is 699. The molecule has 0 spiro atoms. The number of hydrogen-bond acceptors (Lipinski definition) is 4. The number of benzene rings is 1. The standard InChI is InChI=1S/C13H17NO4S/c1-4-14(5-2)11-12-10(6-7-18-12)8-9(3)13(11)19(15,16)17/h6-8H,4-5H2,1-3H3,(H,15,16,17). The van der Waals surface area contributed by atoms with Gasteiger partial charge in [-0.25, -0.2) is 0 Å². The summed E-state index contributed by atoms with van der Waals surface area (Å²) in [5, 5.41) is 0.826. The van der Waals surface area contributed by atoms with Crippen LogP contribution < -0.4 is 4.90 Å². The van der Waals surface area contributed by atoms with E-state index < -0.39 is 10.1 Å². The van der Waals surface area contributed by atoms with Crippen LogP contribution in [0.4, 0.5) is 5.69 Å². The fourth-order valence-corrected chi connectivity index (χ4v) is 3.30. The van der Waals surface area contributed by atoms with Gasteiger partial charge in [-0.3, -0.25) is 4.55 Å². The number of nitrogens with zero attached hydrogens (tertiary/aromatic N) is 1. The molecule has 5 nitrogen and oxygen atoms in total. The fraction of sp³-hybridized carbons (Fsp3) is 0.385. The Labute approximate surface area is 112 Å². The summed E-state index contributed by atoms with van der Waals surface area (Å²) in [6.45, 7) is 6.77. The molecule has 2 rings (SSSR count). The van der Waals surface area contributed by atoms with Crippen molar-refractivity contribution >= 4 is 26.8 Å². The summed E-state index contributed by atoms with van der Waals surface area (Å²) in [6, 6.07) is 3.48. The molecule has 1 aromatic carbocycles. The first-order chi connectivity index (χ1) is 8.90. The van der Waals surface area contributed by atoms with Crippen molar-refractivity contribution in [2.75, 3.05) is 18.0 Å². The van der Waals surface area contributed by atoms with Crippen LogP contribution in [0.5, 0.6) is 0 Å². The van der Waals surface area contributed by atoms with Gasteiger partial charge >= 0.3 is 0 Å². The third kappa shape index (κ3) is 2.33. The van der Waals surface area contributed by atoms with Crippen LogP contribution >= 0.6 is 0 Å². The summed E-state index contributed by atoms with van der Waals surface area (Å²) in [4.78, 5) is 1.79. The normalized spacial score (nSPS) is 12.0.